The average Bonchev–Trinajstić information content (AvgIpc) is 2.65. The Morgan fingerprint density at radius 1 is 1.06 bits per heavy atom. The van der Waals surface area contributed by atoms with Gasteiger partial charge in [0.25, 0.3) is 0 Å². The number of aromatic amines is 1. The molecule has 0 saturated heterocycles. The molecule has 0 aliphatic carbocycles. The quantitative estimate of drug-likeness (QED) is 0.872. The number of benzene rings is 1. The minimum atomic E-state index is 0.123. The van der Waals surface area contributed by atoms with Crippen LogP contribution in [0.4, 0.5) is 0 Å². The maximum Gasteiger partial charge on any atom is 0.109 e. The molecular weight excluding hydrogens is 224 g/mol. The van der Waals surface area contributed by atoms with E-state index in [9.17, 15) is 0 Å². The minimum Gasteiger partial charge on any atom is -0.396 e. The van der Waals surface area contributed by atoms with Gasteiger partial charge in [0.05, 0.1) is 12.3 Å². The molecule has 3 heteroatoms. The Morgan fingerprint density at radius 2 is 1.72 bits per heavy atom. The largest absolute Gasteiger partial charge is 0.396 e. The summed E-state index contributed by atoms with van der Waals surface area (Å²) in [6, 6.07) is 4.39. The van der Waals surface area contributed by atoms with E-state index >= 15 is 0 Å². The van der Waals surface area contributed by atoms with Gasteiger partial charge in [0.2, 0.25) is 0 Å². The molecule has 2 rings (SSSR count). The van der Waals surface area contributed by atoms with E-state index in [1.54, 1.807) is 0 Å². The summed E-state index contributed by atoms with van der Waals surface area (Å²) in [6.07, 6.45) is 0.574. The van der Waals surface area contributed by atoms with Crippen molar-refractivity contribution in [3.05, 3.63) is 40.3 Å². The highest BCUT2D eigenvalue weighted by Crippen LogP contribution is 2.27. The van der Waals surface area contributed by atoms with Crippen LogP contribution in [0.25, 0.3) is 11.3 Å². The van der Waals surface area contributed by atoms with Gasteiger partial charge in [0.1, 0.15) is 5.82 Å². The third-order valence-corrected chi connectivity index (χ3v) is 3.38. The first kappa shape index (κ1) is 12.8. The van der Waals surface area contributed by atoms with Crippen molar-refractivity contribution in [2.24, 2.45) is 0 Å². The molecule has 0 fully saturated rings. The summed E-state index contributed by atoms with van der Waals surface area (Å²) < 4.78 is 0. The van der Waals surface area contributed by atoms with Crippen LogP contribution in [0.5, 0.6) is 0 Å². The topological polar surface area (TPSA) is 48.9 Å². The zero-order chi connectivity index (χ0) is 13.3. The Morgan fingerprint density at radius 3 is 2.39 bits per heavy atom. The maximum atomic E-state index is 8.97. The number of rotatable bonds is 3. The second-order valence-corrected chi connectivity index (χ2v) is 4.88. The number of H-pyrrole nitrogens is 1. The van der Waals surface area contributed by atoms with Gasteiger partial charge in [0.15, 0.2) is 0 Å². The molecule has 1 heterocycles. The van der Waals surface area contributed by atoms with Gasteiger partial charge in [-0.2, -0.15) is 0 Å². The van der Waals surface area contributed by atoms with Gasteiger partial charge in [-0.05, 0) is 50.5 Å². The molecule has 0 spiro atoms. The molecule has 18 heavy (non-hydrogen) atoms. The van der Waals surface area contributed by atoms with Crippen LogP contribution in [0.3, 0.4) is 0 Å². The lowest BCUT2D eigenvalue weighted by molar-refractivity contribution is 0.297. The summed E-state index contributed by atoms with van der Waals surface area (Å²) in [5, 5.41) is 8.97. The summed E-state index contributed by atoms with van der Waals surface area (Å²) in [4.78, 5) is 7.82. The molecule has 0 aliphatic rings. The highest BCUT2D eigenvalue weighted by Gasteiger charge is 2.12. The number of aryl methyl sites for hydroxylation is 4. The van der Waals surface area contributed by atoms with Gasteiger partial charge in [-0.15, -0.1) is 0 Å². The summed E-state index contributed by atoms with van der Waals surface area (Å²) in [5.74, 6) is 0.850. The number of aliphatic hydroxyl groups excluding tert-OH is 1. The molecule has 3 nitrogen and oxygen atoms in total. The predicted octanol–water partition coefficient (Wildman–Crippen LogP) is 2.85. The van der Waals surface area contributed by atoms with Gasteiger partial charge in [-0.3, -0.25) is 0 Å². The summed E-state index contributed by atoms with van der Waals surface area (Å²) in [7, 11) is 0. The van der Waals surface area contributed by atoms with Crippen LogP contribution in [0.2, 0.25) is 0 Å². The molecule has 0 unspecified atom stereocenters. The third kappa shape index (κ3) is 2.31. The lowest BCUT2D eigenvalue weighted by Crippen LogP contribution is -1.93. The van der Waals surface area contributed by atoms with Crippen LogP contribution in [-0.4, -0.2) is 21.7 Å². The van der Waals surface area contributed by atoms with Crippen LogP contribution < -0.4 is 0 Å². The Bertz CT molecular complexity index is 570. The molecule has 0 bridgehead atoms. The van der Waals surface area contributed by atoms with Crippen molar-refractivity contribution in [2.75, 3.05) is 6.61 Å². The number of imidazole rings is 1. The number of aliphatic hydroxyl groups is 1. The van der Waals surface area contributed by atoms with Crippen LogP contribution in [0, 0.1) is 27.7 Å². The maximum absolute atomic E-state index is 8.97. The summed E-state index contributed by atoms with van der Waals surface area (Å²) in [6.45, 7) is 8.51. The van der Waals surface area contributed by atoms with Crippen molar-refractivity contribution in [2.45, 2.75) is 34.1 Å². The van der Waals surface area contributed by atoms with E-state index < -0.39 is 0 Å². The predicted molar refractivity (Wildman–Crippen MR) is 73.8 cm³/mol. The standard InChI is InChI=1S/C15H20N2O/c1-9-7-11(3)13(8-10(9)2)15-12(4)16-14(17-15)5-6-18/h7-8,18H,5-6H2,1-4H3,(H,16,17). The van der Waals surface area contributed by atoms with Gasteiger partial charge >= 0.3 is 0 Å². The lowest BCUT2D eigenvalue weighted by Gasteiger charge is -2.08. The number of hydrogen-bond acceptors (Lipinski definition) is 2. The average molecular weight is 244 g/mol. The molecule has 0 atom stereocenters. The molecule has 1 aromatic carbocycles. The first-order chi connectivity index (χ1) is 8.52. The van der Waals surface area contributed by atoms with Gasteiger partial charge in [0, 0.05) is 17.7 Å². The molecular formula is C15H20N2O. The van der Waals surface area contributed by atoms with Crippen molar-refractivity contribution in [3.8, 4) is 11.3 Å². The summed E-state index contributed by atoms with van der Waals surface area (Å²) >= 11 is 0. The van der Waals surface area contributed by atoms with Crippen molar-refractivity contribution >= 4 is 0 Å². The van der Waals surface area contributed by atoms with Crippen LogP contribution in [0.1, 0.15) is 28.2 Å². The van der Waals surface area contributed by atoms with E-state index in [1.807, 2.05) is 6.92 Å². The SMILES string of the molecule is Cc1cc(C)c(-c2nc(CCO)[nH]c2C)cc1C. The number of nitrogens with one attached hydrogen (secondary N) is 1. The van der Waals surface area contributed by atoms with Crippen molar-refractivity contribution in [1.82, 2.24) is 9.97 Å². The first-order valence-electron chi connectivity index (χ1n) is 6.27. The lowest BCUT2D eigenvalue weighted by atomic mass is 9.98. The van der Waals surface area contributed by atoms with E-state index in [0.29, 0.717) is 6.42 Å². The molecule has 1 aromatic heterocycles. The Kier molecular flexibility index (Phi) is 3.53. The fraction of sp³-hybridized carbons (Fsp3) is 0.400. The van der Waals surface area contributed by atoms with E-state index in [1.165, 1.54) is 22.3 Å². The monoisotopic (exact) mass is 244 g/mol. The van der Waals surface area contributed by atoms with E-state index in [2.05, 4.69) is 42.9 Å². The molecule has 96 valence electrons. The molecule has 2 N–H and O–H groups in total. The zero-order valence-corrected chi connectivity index (χ0v) is 11.5. The van der Waals surface area contributed by atoms with Crippen LogP contribution >= 0.6 is 0 Å². The van der Waals surface area contributed by atoms with Crippen molar-refractivity contribution in [3.63, 3.8) is 0 Å². The number of aromatic nitrogens is 2. The molecule has 0 aliphatic heterocycles. The number of hydrogen-bond donors (Lipinski definition) is 2. The van der Waals surface area contributed by atoms with Gasteiger partial charge in [-0.25, -0.2) is 4.98 Å². The highest BCUT2D eigenvalue weighted by molar-refractivity contribution is 5.67. The molecule has 0 radical (unpaired) electrons. The smallest absolute Gasteiger partial charge is 0.109 e. The molecule has 0 amide bonds. The van der Waals surface area contributed by atoms with E-state index in [-0.39, 0.29) is 6.61 Å². The van der Waals surface area contributed by atoms with Crippen molar-refractivity contribution in [1.29, 1.82) is 0 Å². The third-order valence-electron chi connectivity index (χ3n) is 3.38. The van der Waals surface area contributed by atoms with E-state index in [4.69, 9.17) is 5.11 Å². The summed E-state index contributed by atoms with van der Waals surface area (Å²) in [5.41, 5.74) is 7.06. The molecule has 2 aromatic rings. The van der Waals surface area contributed by atoms with E-state index in [0.717, 1.165) is 17.2 Å². The highest BCUT2D eigenvalue weighted by atomic mass is 16.3. The Hall–Kier alpha value is -1.61. The Labute approximate surface area is 108 Å². The molecule has 0 saturated carbocycles. The van der Waals surface area contributed by atoms with Gasteiger partial charge in [-0.1, -0.05) is 6.07 Å². The fourth-order valence-corrected chi connectivity index (χ4v) is 2.22. The first-order valence-corrected chi connectivity index (χ1v) is 6.27. The second kappa shape index (κ2) is 4.94. The number of nitrogens with zero attached hydrogens (tertiary/aromatic N) is 1. The zero-order valence-electron chi connectivity index (χ0n) is 11.5. The van der Waals surface area contributed by atoms with Crippen LogP contribution in [0.15, 0.2) is 12.1 Å². The Balaban J connectivity index is 2.51. The fourth-order valence-electron chi connectivity index (χ4n) is 2.22. The van der Waals surface area contributed by atoms with Gasteiger partial charge < -0.3 is 10.1 Å². The minimum absolute atomic E-state index is 0.123. The van der Waals surface area contributed by atoms with Crippen molar-refractivity contribution < 1.29 is 5.11 Å². The second-order valence-electron chi connectivity index (χ2n) is 4.88. The van der Waals surface area contributed by atoms with Crippen LogP contribution in [-0.2, 0) is 6.42 Å². The normalized spacial score (nSPS) is 10.9.